The normalized spacial score (nSPS) is 17.5. The molecule has 1 aliphatic carbocycles. The molecule has 3 nitrogen and oxygen atoms in total. The van der Waals surface area contributed by atoms with Crippen molar-refractivity contribution in [2.24, 2.45) is 5.92 Å². The second-order valence-corrected chi connectivity index (χ2v) is 6.37. The van der Waals surface area contributed by atoms with Crippen molar-refractivity contribution in [2.45, 2.75) is 31.9 Å². The van der Waals surface area contributed by atoms with Crippen LogP contribution in [0.4, 0.5) is 0 Å². The average Bonchev–Trinajstić information content (AvgIpc) is 3.36. The van der Waals surface area contributed by atoms with Gasteiger partial charge in [0.05, 0.1) is 12.7 Å². The largest absolute Gasteiger partial charge is 0.389 e. The van der Waals surface area contributed by atoms with Gasteiger partial charge in [0.2, 0.25) is 0 Å². The third kappa shape index (κ3) is 4.29. The van der Waals surface area contributed by atoms with Crippen LogP contribution in [0.2, 0.25) is 0 Å². The fourth-order valence-electron chi connectivity index (χ4n) is 2.62. The highest BCUT2D eigenvalue weighted by atomic mass is 16.5. The molecule has 1 saturated carbocycles. The highest BCUT2D eigenvalue weighted by Gasteiger charge is 2.21. The predicted molar refractivity (Wildman–Crippen MR) is 89.9 cm³/mol. The van der Waals surface area contributed by atoms with Gasteiger partial charge in [-0.2, -0.15) is 0 Å². The Bertz CT molecular complexity index is 609. The summed E-state index contributed by atoms with van der Waals surface area (Å²) in [6.07, 6.45) is 2.13. The molecule has 3 heteroatoms. The molecule has 2 aromatic carbocycles. The second kappa shape index (κ2) is 7.23. The lowest BCUT2D eigenvalue weighted by Crippen LogP contribution is -2.32. The van der Waals surface area contributed by atoms with E-state index >= 15 is 0 Å². The van der Waals surface area contributed by atoms with Gasteiger partial charge in [0.25, 0.3) is 0 Å². The van der Waals surface area contributed by atoms with Crippen molar-refractivity contribution in [1.82, 2.24) is 5.32 Å². The molecule has 2 unspecified atom stereocenters. The van der Waals surface area contributed by atoms with Crippen LogP contribution in [0.3, 0.4) is 0 Å². The quantitative estimate of drug-likeness (QED) is 0.786. The van der Waals surface area contributed by atoms with Gasteiger partial charge in [0.15, 0.2) is 0 Å². The Hall–Kier alpha value is -1.42. The first-order valence-electron chi connectivity index (χ1n) is 8.20. The molecule has 1 fully saturated rings. The Morgan fingerprint density at radius 2 is 1.95 bits per heavy atom. The van der Waals surface area contributed by atoms with Crippen molar-refractivity contribution in [3.05, 3.63) is 48.0 Å². The number of hydrogen-bond donors (Lipinski definition) is 2. The minimum absolute atomic E-state index is 0.211. The van der Waals surface area contributed by atoms with Crippen LogP contribution < -0.4 is 5.32 Å². The SMILES string of the molecule is CC(NCC(O)COCC1CC1)c1ccc2ccccc2c1. The Morgan fingerprint density at radius 1 is 1.18 bits per heavy atom. The first-order chi connectivity index (χ1) is 10.7. The summed E-state index contributed by atoms with van der Waals surface area (Å²) in [6.45, 7) is 3.91. The second-order valence-electron chi connectivity index (χ2n) is 6.37. The van der Waals surface area contributed by atoms with Gasteiger partial charge < -0.3 is 15.2 Å². The number of aliphatic hydroxyl groups is 1. The Kier molecular flexibility index (Phi) is 5.08. The molecule has 0 bridgehead atoms. The lowest BCUT2D eigenvalue weighted by atomic mass is 10.0. The number of nitrogens with one attached hydrogen (secondary N) is 1. The van der Waals surface area contributed by atoms with Gasteiger partial charge >= 0.3 is 0 Å². The standard InChI is InChI=1S/C19H25NO2/c1-14(20-11-19(21)13-22-12-15-6-7-15)17-9-8-16-4-2-3-5-18(16)10-17/h2-5,8-10,14-15,19-21H,6-7,11-13H2,1H3. The number of rotatable bonds is 8. The topological polar surface area (TPSA) is 41.5 Å². The Balaban J connectivity index is 1.48. The smallest absolute Gasteiger partial charge is 0.0897 e. The van der Waals surface area contributed by atoms with Crippen LogP contribution in [0.15, 0.2) is 42.5 Å². The summed E-state index contributed by atoms with van der Waals surface area (Å²) >= 11 is 0. The molecular weight excluding hydrogens is 274 g/mol. The van der Waals surface area contributed by atoms with Gasteiger partial charge in [0, 0.05) is 19.2 Å². The van der Waals surface area contributed by atoms with E-state index < -0.39 is 6.10 Å². The molecule has 118 valence electrons. The zero-order valence-electron chi connectivity index (χ0n) is 13.2. The van der Waals surface area contributed by atoms with Gasteiger partial charge in [-0.15, -0.1) is 0 Å². The van der Waals surface area contributed by atoms with Gasteiger partial charge in [-0.25, -0.2) is 0 Å². The molecule has 0 aromatic heterocycles. The minimum Gasteiger partial charge on any atom is -0.389 e. The highest BCUT2D eigenvalue weighted by Crippen LogP contribution is 2.28. The van der Waals surface area contributed by atoms with Gasteiger partial charge in [0.1, 0.15) is 0 Å². The molecular formula is C19H25NO2. The van der Waals surface area contributed by atoms with Crippen molar-refractivity contribution in [1.29, 1.82) is 0 Å². The number of aliphatic hydroxyl groups excluding tert-OH is 1. The van der Waals surface area contributed by atoms with Crippen LogP contribution in [0.1, 0.15) is 31.4 Å². The summed E-state index contributed by atoms with van der Waals surface area (Å²) < 4.78 is 5.53. The van der Waals surface area contributed by atoms with Gasteiger partial charge in [-0.1, -0.05) is 36.4 Å². The molecule has 22 heavy (non-hydrogen) atoms. The van der Waals surface area contributed by atoms with Crippen LogP contribution in [0, 0.1) is 5.92 Å². The van der Waals surface area contributed by atoms with Crippen molar-refractivity contribution in [2.75, 3.05) is 19.8 Å². The summed E-state index contributed by atoms with van der Waals surface area (Å²) in [4.78, 5) is 0. The van der Waals surface area contributed by atoms with Gasteiger partial charge in [-0.3, -0.25) is 0 Å². The number of ether oxygens (including phenoxy) is 1. The van der Waals surface area contributed by atoms with Crippen molar-refractivity contribution in [3.8, 4) is 0 Å². The van der Waals surface area contributed by atoms with Crippen molar-refractivity contribution in [3.63, 3.8) is 0 Å². The van der Waals surface area contributed by atoms with Crippen molar-refractivity contribution < 1.29 is 9.84 Å². The monoisotopic (exact) mass is 299 g/mol. The molecule has 0 radical (unpaired) electrons. The van der Waals surface area contributed by atoms with Crippen LogP contribution in [-0.2, 0) is 4.74 Å². The summed E-state index contributed by atoms with van der Waals surface area (Å²) in [5.74, 6) is 0.747. The molecule has 2 atom stereocenters. The zero-order valence-corrected chi connectivity index (χ0v) is 13.2. The van der Waals surface area contributed by atoms with Crippen LogP contribution in [0.25, 0.3) is 10.8 Å². The van der Waals surface area contributed by atoms with E-state index in [2.05, 4.69) is 54.7 Å². The predicted octanol–water partition coefficient (Wildman–Crippen LogP) is 3.28. The maximum Gasteiger partial charge on any atom is 0.0897 e. The summed E-state index contributed by atoms with van der Waals surface area (Å²) in [7, 11) is 0. The summed E-state index contributed by atoms with van der Waals surface area (Å²) in [5, 5.41) is 15.9. The van der Waals surface area contributed by atoms with E-state index in [9.17, 15) is 5.11 Å². The zero-order chi connectivity index (χ0) is 15.4. The van der Waals surface area contributed by atoms with E-state index in [1.807, 2.05) is 0 Å². The Morgan fingerprint density at radius 3 is 2.73 bits per heavy atom. The maximum absolute atomic E-state index is 9.96. The van der Waals surface area contributed by atoms with E-state index in [1.165, 1.54) is 29.2 Å². The number of benzene rings is 2. The molecule has 1 aliphatic rings. The molecule has 0 saturated heterocycles. The van der Waals surface area contributed by atoms with E-state index in [1.54, 1.807) is 0 Å². The highest BCUT2D eigenvalue weighted by molar-refractivity contribution is 5.83. The van der Waals surface area contributed by atoms with Crippen LogP contribution >= 0.6 is 0 Å². The molecule has 0 spiro atoms. The van der Waals surface area contributed by atoms with Crippen LogP contribution in [0.5, 0.6) is 0 Å². The fraction of sp³-hybridized carbons (Fsp3) is 0.474. The fourth-order valence-corrected chi connectivity index (χ4v) is 2.62. The first kappa shape index (κ1) is 15.5. The molecule has 0 aliphatic heterocycles. The van der Waals surface area contributed by atoms with E-state index in [-0.39, 0.29) is 6.04 Å². The third-order valence-electron chi connectivity index (χ3n) is 4.29. The molecule has 0 amide bonds. The minimum atomic E-state index is -0.443. The summed E-state index contributed by atoms with van der Waals surface area (Å²) in [6, 6.07) is 15.1. The molecule has 3 rings (SSSR count). The lowest BCUT2D eigenvalue weighted by Gasteiger charge is -2.18. The average molecular weight is 299 g/mol. The van der Waals surface area contributed by atoms with E-state index in [0.717, 1.165) is 12.5 Å². The molecule has 0 heterocycles. The molecule has 2 aromatic rings. The number of fused-ring (bicyclic) bond motifs is 1. The third-order valence-corrected chi connectivity index (χ3v) is 4.29. The van der Waals surface area contributed by atoms with Crippen LogP contribution in [-0.4, -0.2) is 31.0 Å². The Labute approximate surface area is 132 Å². The lowest BCUT2D eigenvalue weighted by molar-refractivity contribution is 0.0315. The van der Waals surface area contributed by atoms with Crippen molar-refractivity contribution >= 4 is 10.8 Å². The van der Waals surface area contributed by atoms with Gasteiger partial charge in [-0.05, 0) is 48.1 Å². The summed E-state index contributed by atoms with van der Waals surface area (Å²) in [5.41, 5.74) is 1.24. The van der Waals surface area contributed by atoms with E-state index in [4.69, 9.17) is 4.74 Å². The number of hydrogen-bond acceptors (Lipinski definition) is 3. The molecule has 2 N–H and O–H groups in total. The maximum atomic E-state index is 9.96. The van der Waals surface area contributed by atoms with E-state index in [0.29, 0.717) is 13.2 Å². The first-order valence-corrected chi connectivity index (χ1v) is 8.20.